The highest BCUT2D eigenvalue weighted by molar-refractivity contribution is 5.96. The van der Waals surface area contributed by atoms with Crippen molar-refractivity contribution in [3.05, 3.63) is 58.7 Å². The molecule has 2 aromatic carbocycles. The van der Waals surface area contributed by atoms with Crippen LogP contribution in [0.15, 0.2) is 36.4 Å². The molecule has 2 amide bonds. The molecule has 0 heterocycles. The molecule has 0 saturated carbocycles. The van der Waals surface area contributed by atoms with Gasteiger partial charge in [0.1, 0.15) is 11.5 Å². The van der Waals surface area contributed by atoms with Crippen LogP contribution in [0, 0.1) is 13.8 Å². The summed E-state index contributed by atoms with van der Waals surface area (Å²) in [6.45, 7) is 4.17. The lowest BCUT2D eigenvalue weighted by Crippen LogP contribution is -2.37. The van der Waals surface area contributed by atoms with Crippen LogP contribution in [0.25, 0.3) is 0 Å². The lowest BCUT2D eigenvalue weighted by molar-refractivity contribution is -0.129. The van der Waals surface area contributed by atoms with Crippen LogP contribution in [0.4, 0.5) is 0 Å². The number of rotatable bonds is 7. The number of likely N-dealkylation sites (N-methyl/N-ethyl adjacent to an activating group) is 1. The lowest BCUT2D eigenvalue weighted by atomic mass is 10.1. The maximum Gasteiger partial charge on any atom is 0.251 e. The van der Waals surface area contributed by atoms with Gasteiger partial charge in [-0.3, -0.25) is 9.59 Å². The summed E-state index contributed by atoms with van der Waals surface area (Å²) in [6.07, 6.45) is 0. The molecule has 0 bridgehead atoms. The highest BCUT2D eigenvalue weighted by Gasteiger charge is 2.15. The maximum atomic E-state index is 12.4. The minimum absolute atomic E-state index is 0.0687. The summed E-state index contributed by atoms with van der Waals surface area (Å²) in [6, 6.07) is 11.1. The Labute approximate surface area is 160 Å². The summed E-state index contributed by atoms with van der Waals surface area (Å²) in [5.41, 5.74) is 3.43. The molecule has 0 aromatic heterocycles. The quantitative estimate of drug-likeness (QED) is 0.814. The van der Waals surface area contributed by atoms with Gasteiger partial charge < -0.3 is 19.7 Å². The van der Waals surface area contributed by atoms with Gasteiger partial charge in [-0.25, -0.2) is 0 Å². The van der Waals surface area contributed by atoms with Gasteiger partial charge in [0.05, 0.1) is 20.8 Å². The number of nitrogens with zero attached hydrogens (tertiary/aromatic N) is 1. The molecule has 0 saturated heterocycles. The van der Waals surface area contributed by atoms with E-state index < -0.39 is 0 Å². The zero-order valence-corrected chi connectivity index (χ0v) is 16.5. The third-order valence-corrected chi connectivity index (χ3v) is 4.21. The van der Waals surface area contributed by atoms with E-state index >= 15 is 0 Å². The third kappa shape index (κ3) is 5.48. The number of nitrogens with one attached hydrogen (secondary N) is 1. The highest BCUT2D eigenvalue weighted by Crippen LogP contribution is 2.25. The van der Waals surface area contributed by atoms with Crippen molar-refractivity contribution < 1.29 is 19.1 Å². The molecule has 2 rings (SSSR count). The zero-order valence-electron chi connectivity index (χ0n) is 16.5. The van der Waals surface area contributed by atoms with Crippen molar-refractivity contribution in [2.45, 2.75) is 20.4 Å². The molecule has 2 aromatic rings. The van der Waals surface area contributed by atoms with E-state index in [1.165, 1.54) is 0 Å². The number of methoxy groups -OCH3 is 2. The van der Waals surface area contributed by atoms with Crippen molar-refractivity contribution in [1.82, 2.24) is 10.2 Å². The molecular formula is C21H26N2O4. The molecule has 6 heteroatoms. The third-order valence-electron chi connectivity index (χ3n) is 4.21. The molecule has 0 unspecified atom stereocenters. The first kappa shape index (κ1) is 20.3. The molecule has 0 radical (unpaired) electrons. The van der Waals surface area contributed by atoms with Crippen molar-refractivity contribution in [3.63, 3.8) is 0 Å². The molecule has 0 aliphatic heterocycles. The Bertz CT molecular complexity index is 813. The summed E-state index contributed by atoms with van der Waals surface area (Å²) >= 11 is 0. The van der Waals surface area contributed by atoms with Crippen LogP contribution in [0.2, 0.25) is 0 Å². The van der Waals surface area contributed by atoms with E-state index in [1.807, 2.05) is 32.0 Å². The van der Waals surface area contributed by atoms with Crippen LogP contribution in [0.5, 0.6) is 11.5 Å². The molecular weight excluding hydrogens is 344 g/mol. The molecule has 0 aliphatic carbocycles. The standard InChI is InChI=1S/C21H26N2O4/c1-14-8-15(2)10-17(9-14)21(25)22-12-20(24)23(3)13-16-6-7-18(26-4)11-19(16)27-5/h6-11H,12-13H2,1-5H3,(H,22,25). The minimum Gasteiger partial charge on any atom is -0.497 e. The van der Waals surface area contributed by atoms with E-state index in [2.05, 4.69) is 5.32 Å². The van der Waals surface area contributed by atoms with Gasteiger partial charge in [-0.1, -0.05) is 17.2 Å². The van der Waals surface area contributed by atoms with Gasteiger partial charge in [0.2, 0.25) is 5.91 Å². The normalized spacial score (nSPS) is 10.3. The number of amides is 2. The Hall–Kier alpha value is -3.02. The van der Waals surface area contributed by atoms with E-state index in [0.717, 1.165) is 16.7 Å². The van der Waals surface area contributed by atoms with Crippen LogP contribution in [-0.4, -0.2) is 44.5 Å². The maximum absolute atomic E-state index is 12.4. The molecule has 144 valence electrons. The number of carbonyl (C=O) groups is 2. The average Bonchev–Trinajstić information content (AvgIpc) is 2.65. The van der Waals surface area contributed by atoms with Gasteiger partial charge in [-0.2, -0.15) is 0 Å². The van der Waals surface area contributed by atoms with Crippen molar-refractivity contribution in [2.24, 2.45) is 0 Å². The second kappa shape index (κ2) is 9.07. The van der Waals surface area contributed by atoms with Gasteiger partial charge in [0.15, 0.2) is 0 Å². The summed E-state index contributed by atoms with van der Waals surface area (Å²) in [5.74, 6) is 0.884. The van der Waals surface area contributed by atoms with Gasteiger partial charge in [-0.15, -0.1) is 0 Å². The Kier molecular flexibility index (Phi) is 6.82. The van der Waals surface area contributed by atoms with Crippen molar-refractivity contribution >= 4 is 11.8 Å². The van der Waals surface area contributed by atoms with E-state index in [9.17, 15) is 9.59 Å². The first-order valence-electron chi connectivity index (χ1n) is 8.65. The SMILES string of the molecule is COc1ccc(CN(C)C(=O)CNC(=O)c2cc(C)cc(C)c2)c(OC)c1. The predicted molar refractivity (Wildman–Crippen MR) is 104 cm³/mol. The Balaban J connectivity index is 1.96. The van der Waals surface area contributed by atoms with E-state index in [1.54, 1.807) is 44.4 Å². The number of hydrogen-bond acceptors (Lipinski definition) is 4. The Morgan fingerprint density at radius 1 is 1.00 bits per heavy atom. The number of hydrogen-bond donors (Lipinski definition) is 1. The number of ether oxygens (including phenoxy) is 2. The van der Waals surface area contributed by atoms with Crippen LogP contribution in [0.3, 0.4) is 0 Å². The molecule has 27 heavy (non-hydrogen) atoms. The van der Waals surface area contributed by atoms with Gasteiger partial charge in [0, 0.05) is 30.8 Å². The second-order valence-corrected chi connectivity index (χ2v) is 6.49. The fraction of sp³-hybridized carbons (Fsp3) is 0.333. The first-order chi connectivity index (χ1) is 12.8. The summed E-state index contributed by atoms with van der Waals surface area (Å²) in [7, 11) is 4.85. The smallest absolute Gasteiger partial charge is 0.251 e. The molecule has 0 atom stereocenters. The van der Waals surface area contributed by atoms with Crippen molar-refractivity contribution in [1.29, 1.82) is 0 Å². The van der Waals surface area contributed by atoms with Gasteiger partial charge in [0.25, 0.3) is 5.91 Å². The fourth-order valence-electron chi connectivity index (χ4n) is 2.82. The van der Waals surface area contributed by atoms with Crippen LogP contribution >= 0.6 is 0 Å². The summed E-state index contributed by atoms with van der Waals surface area (Å²) < 4.78 is 10.5. The van der Waals surface area contributed by atoms with Crippen molar-refractivity contribution in [2.75, 3.05) is 27.8 Å². The summed E-state index contributed by atoms with van der Waals surface area (Å²) in [4.78, 5) is 26.2. The van der Waals surface area contributed by atoms with E-state index in [0.29, 0.717) is 23.6 Å². The monoisotopic (exact) mass is 370 g/mol. The van der Waals surface area contributed by atoms with Crippen LogP contribution < -0.4 is 14.8 Å². The summed E-state index contributed by atoms with van der Waals surface area (Å²) in [5, 5.41) is 2.69. The zero-order chi connectivity index (χ0) is 20.0. The lowest BCUT2D eigenvalue weighted by Gasteiger charge is -2.19. The largest absolute Gasteiger partial charge is 0.497 e. The topological polar surface area (TPSA) is 67.9 Å². The second-order valence-electron chi connectivity index (χ2n) is 6.49. The van der Waals surface area contributed by atoms with Gasteiger partial charge in [-0.05, 0) is 38.1 Å². The molecule has 1 N–H and O–H groups in total. The highest BCUT2D eigenvalue weighted by atomic mass is 16.5. The van der Waals surface area contributed by atoms with Crippen molar-refractivity contribution in [3.8, 4) is 11.5 Å². The number of benzene rings is 2. The number of aryl methyl sites for hydroxylation is 2. The number of carbonyl (C=O) groups excluding carboxylic acids is 2. The molecule has 6 nitrogen and oxygen atoms in total. The average molecular weight is 370 g/mol. The molecule has 0 spiro atoms. The molecule has 0 fully saturated rings. The minimum atomic E-state index is -0.259. The van der Waals surface area contributed by atoms with Crippen LogP contribution in [-0.2, 0) is 11.3 Å². The van der Waals surface area contributed by atoms with Gasteiger partial charge >= 0.3 is 0 Å². The fourth-order valence-corrected chi connectivity index (χ4v) is 2.82. The Morgan fingerprint density at radius 3 is 2.26 bits per heavy atom. The van der Waals surface area contributed by atoms with E-state index in [4.69, 9.17) is 9.47 Å². The Morgan fingerprint density at radius 2 is 1.67 bits per heavy atom. The molecule has 0 aliphatic rings. The predicted octanol–water partition coefficient (Wildman–Crippen LogP) is 2.71. The first-order valence-corrected chi connectivity index (χ1v) is 8.65. The van der Waals surface area contributed by atoms with E-state index in [-0.39, 0.29) is 18.4 Å². The van der Waals surface area contributed by atoms with Crippen LogP contribution in [0.1, 0.15) is 27.0 Å².